The lowest BCUT2D eigenvalue weighted by Crippen LogP contribution is -2.35. The van der Waals surface area contributed by atoms with Crippen LogP contribution in [0.3, 0.4) is 0 Å². The second kappa shape index (κ2) is 5.86. The van der Waals surface area contributed by atoms with E-state index < -0.39 is 17.8 Å². The number of benzene rings is 1. The molecule has 0 N–H and O–H groups in total. The van der Waals surface area contributed by atoms with Crippen molar-refractivity contribution in [2.75, 3.05) is 0 Å². The summed E-state index contributed by atoms with van der Waals surface area (Å²) in [6.45, 7) is 3.85. The van der Waals surface area contributed by atoms with E-state index in [9.17, 15) is 14.4 Å². The van der Waals surface area contributed by atoms with Crippen molar-refractivity contribution in [1.29, 1.82) is 0 Å². The van der Waals surface area contributed by atoms with Crippen LogP contribution in [0.15, 0.2) is 24.3 Å². The van der Waals surface area contributed by atoms with Crippen molar-refractivity contribution >= 4 is 17.8 Å². The van der Waals surface area contributed by atoms with Gasteiger partial charge in [-0.3, -0.25) is 9.59 Å². The van der Waals surface area contributed by atoms with E-state index in [1.54, 1.807) is 24.3 Å². The predicted molar refractivity (Wildman–Crippen MR) is 71.7 cm³/mol. The van der Waals surface area contributed by atoms with Gasteiger partial charge in [-0.1, -0.05) is 37.5 Å². The van der Waals surface area contributed by atoms with Gasteiger partial charge >= 0.3 is 5.97 Å². The summed E-state index contributed by atoms with van der Waals surface area (Å²) in [7, 11) is 0. The van der Waals surface area contributed by atoms with Crippen LogP contribution in [-0.2, 0) is 9.63 Å². The zero-order chi connectivity index (χ0) is 14.7. The van der Waals surface area contributed by atoms with Crippen LogP contribution in [0.2, 0.25) is 0 Å². The van der Waals surface area contributed by atoms with Crippen LogP contribution < -0.4 is 0 Å². The minimum Gasteiger partial charge on any atom is -0.329 e. The van der Waals surface area contributed by atoms with Crippen LogP contribution in [0.25, 0.3) is 0 Å². The molecular weight excluding hydrogens is 258 g/mol. The minimum absolute atomic E-state index is 0.272. The fraction of sp³-hybridized carbons (Fsp3) is 0.400. The van der Waals surface area contributed by atoms with Crippen molar-refractivity contribution in [3.05, 3.63) is 35.4 Å². The van der Waals surface area contributed by atoms with Crippen molar-refractivity contribution in [2.24, 2.45) is 5.92 Å². The average molecular weight is 275 g/mol. The zero-order valence-electron chi connectivity index (χ0n) is 11.6. The summed E-state index contributed by atoms with van der Waals surface area (Å²) in [5.41, 5.74) is 0.544. The zero-order valence-corrected chi connectivity index (χ0v) is 11.6. The number of fused-ring (bicyclic) bond motifs is 1. The summed E-state index contributed by atoms with van der Waals surface area (Å²) >= 11 is 0. The van der Waals surface area contributed by atoms with E-state index in [-0.39, 0.29) is 17.0 Å². The van der Waals surface area contributed by atoms with Crippen molar-refractivity contribution in [2.45, 2.75) is 33.1 Å². The highest BCUT2D eigenvalue weighted by atomic mass is 16.7. The summed E-state index contributed by atoms with van der Waals surface area (Å²) in [6.07, 6.45) is 2.14. The number of rotatable bonds is 5. The summed E-state index contributed by atoms with van der Waals surface area (Å²) in [5, 5.41) is 0.575. The molecule has 1 heterocycles. The van der Waals surface area contributed by atoms with E-state index in [2.05, 4.69) is 0 Å². The van der Waals surface area contributed by atoms with Gasteiger partial charge in [0.25, 0.3) is 11.8 Å². The van der Waals surface area contributed by atoms with E-state index in [4.69, 9.17) is 4.84 Å². The molecule has 0 fully saturated rings. The van der Waals surface area contributed by atoms with Gasteiger partial charge in [0, 0.05) is 0 Å². The van der Waals surface area contributed by atoms with Crippen LogP contribution in [0.5, 0.6) is 0 Å². The van der Waals surface area contributed by atoms with E-state index >= 15 is 0 Å². The van der Waals surface area contributed by atoms with E-state index in [1.165, 1.54) is 0 Å². The first-order chi connectivity index (χ1) is 9.60. The number of imide groups is 1. The Morgan fingerprint density at radius 2 is 1.70 bits per heavy atom. The molecule has 1 aromatic carbocycles. The molecule has 1 aliphatic heterocycles. The van der Waals surface area contributed by atoms with Gasteiger partial charge in [-0.05, 0) is 25.0 Å². The van der Waals surface area contributed by atoms with Crippen LogP contribution in [-0.4, -0.2) is 22.8 Å². The number of hydrogen-bond donors (Lipinski definition) is 0. The molecule has 0 spiro atoms. The van der Waals surface area contributed by atoms with Crippen molar-refractivity contribution in [3.8, 4) is 0 Å². The molecule has 1 aliphatic rings. The molecule has 0 aromatic heterocycles. The number of hydrogen-bond acceptors (Lipinski definition) is 4. The third-order valence-electron chi connectivity index (χ3n) is 3.40. The third-order valence-corrected chi connectivity index (χ3v) is 3.40. The summed E-state index contributed by atoms with van der Waals surface area (Å²) < 4.78 is 0. The van der Waals surface area contributed by atoms with Crippen LogP contribution in [0.1, 0.15) is 53.8 Å². The van der Waals surface area contributed by atoms with Crippen LogP contribution in [0, 0.1) is 5.92 Å². The number of amides is 2. The summed E-state index contributed by atoms with van der Waals surface area (Å²) in [4.78, 5) is 41.1. The summed E-state index contributed by atoms with van der Waals surface area (Å²) in [5.74, 6) is -1.97. The molecule has 5 heteroatoms. The lowest BCUT2D eigenvalue weighted by Gasteiger charge is -2.17. The van der Waals surface area contributed by atoms with Crippen LogP contribution in [0.4, 0.5) is 0 Å². The van der Waals surface area contributed by atoms with Crippen LogP contribution >= 0.6 is 0 Å². The molecule has 0 saturated heterocycles. The Balaban J connectivity index is 2.14. The van der Waals surface area contributed by atoms with Crippen molar-refractivity contribution in [1.82, 2.24) is 5.06 Å². The number of carbonyl (C=O) groups excluding carboxylic acids is 3. The van der Waals surface area contributed by atoms with Gasteiger partial charge in [-0.2, -0.15) is 0 Å². The van der Waals surface area contributed by atoms with Gasteiger partial charge in [-0.25, -0.2) is 4.79 Å². The maximum Gasteiger partial charge on any atom is 0.336 e. The van der Waals surface area contributed by atoms with Gasteiger partial charge < -0.3 is 4.84 Å². The molecule has 0 bridgehead atoms. The SMILES string of the molecule is CCCC(CC)C(=O)ON1C(=O)c2ccccc2C1=O. The maximum atomic E-state index is 12.0. The highest BCUT2D eigenvalue weighted by Gasteiger charge is 2.39. The number of carbonyl (C=O) groups is 3. The van der Waals surface area contributed by atoms with E-state index in [0.29, 0.717) is 17.9 Å². The van der Waals surface area contributed by atoms with Gasteiger partial charge in [0.2, 0.25) is 0 Å². The molecule has 2 amide bonds. The molecule has 2 rings (SSSR count). The monoisotopic (exact) mass is 275 g/mol. The fourth-order valence-electron chi connectivity index (χ4n) is 2.25. The highest BCUT2D eigenvalue weighted by molar-refractivity contribution is 6.20. The molecule has 1 aromatic rings. The lowest BCUT2D eigenvalue weighted by atomic mass is 10.0. The Kier molecular flexibility index (Phi) is 4.17. The van der Waals surface area contributed by atoms with E-state index in [0.717, 1.165) is 6.42 Å². The number of nitrogens with zero attached hydrogens (tertiary/aromatic N) is 1. The van der Waals surface area contributed by atoms with Crippen molar-refractivity contribution < 1.29 is 19.2 Å². The van der Waals surface area contributed by atoms with Gasteiger partial charge in [0.05, 0.1) is 17.0 Å². The predicted octanol–water partition coefficient (Wildman–Crippen LogP) is 2.57. The molecule has 1 atom stereocenters. The Hall–Kier alpha value is -2.17. The van der Waals surface area contributed by atoms with Crippen molar-refractivity contribution in [3.63, 3.8) is 0 Å². The van der Waals surface area contributed by atoms with E-state index in [1.807, 2.05) is 13.8 Å². The molecule has 0 radical (unpaired) electrons. The standard InChI is InChI=1S/C15H17NO4/c1-3-7-10(4-2)15(19)20-16-13(17)11-8-5-6-9-12(11)14(16)18/h5-6,8-10H,3-4,7H2,1-2H3. The number of hydroxylamine groups is 2. The molecule has 106 valence electrons. The molecule has 0 aliphatic carbocycles. The first-order valence-corrected chi connectivity index (χ1v) is 6.79. The average Bonchev–Trinajstić information content (AvgIpc) is 2.70. The third kappa shape index (κ3) is 2.43. The smallest absolute Gasteiger partial charge is 0.329 e. The summed E-state index contributed by atoms with van der Waals surface area (Å²) in [6, 6.07) is 6.43. The van der Waals surface area contributed by atoms with Gasteiger partial charge in [0.1, 0.15) is 0 Å². The van der Waals surface area contributed by atoms with Gasteiger partial charge in [-0.15, -0.1) is 0 Å². The highest BCUT2D eigenvalue weighted by Crippen LogP contribution is 2.24. The Bertz CT molecular complexity index is 518. The minimum atomic E-state index is -0.578. The topological polar surface area (TPSA) is 63.7 Å². The molecular formula is C15H17NO4. The van der Waals surface area contributed by atoms with Gasteiger partial charge in [0.15, 0.2) is 0 Å². The molecule has 5 nitrogen and oxygen atoms in total. The normalized spacial score (nSPS) is 15.2. The molecule has 1 unspecified atom stereocenters. The Labute approximate surface area is 117 Å². The molecule has 0 saturated carbocycles. The Morgan fingerprint density at radius 1 is 1.15 bits per heavy atom. The second-order valence-electron chi connectivity index (χ2n) is 4.75. The fourth-order valence-corrected chi connectivity index (χ4v) is 2.25. The first-order valence-electron chi connectivity index (χ1n) is 6.79. The largest absolute Gasteiger partial charge is 0.336 e. The molecule has 20 heavy (non-hydrogen) atoms. The maximum absolute atomic E-state index is 12.0. The second-order valence-corrected chi connectivity index (χ2v) is 4.75. The lowest BCUT2D eigenvalue weighted by molar-refractivity contribution is -0.174. The quantitative estimate of drug-likeness (QED) is 0.775. The first kappa shape index (κ1) is 14.2. The Morgan fingerprint density at radius 3 is 2.15 bits per heavy atom.